The number of benzene rings is 1. The summed E-state index contributed by atoms with van der Waals surface area (Å²) in [7, 11) is 1.46. The van der Waals surface area contributed by atoms with E-state index in [0.29, 0.717) is 22.8 Å². The largest absolute Gasteiger partial charge is 0.503 e. The molecule has 30 heavy (non-hydrogen) atoms. The molecular formula is C19H13N3O7S. The molecule has 3 aromatic rings. The standard InChI is InChI=1S/C19H13N3O7S/c1-26-11-5-9(6-12-17(11)29-8-28-12)14-13(15(23)10-3-2-4-27-10)16(24)18(25)22(14)19-21-20-7-30-19/h2-7,14,24H,8H2,1H3. The van der Waals surface area contributed by atoms with Crippen LogP contribution in [0.25, 0.3) is 0 Å². The van der Waals surface area contributed by atoms with Crippen LogP contribution in [0, 0.1) is 0 Å². The Kier molecular flexibility index (Phi) is 4.17. The fourth-order valence-electron chi connectivity index (χ4n) is 3.47. The van der Waals surface area contributed by atoms with Gasteiger partial charge in [0.15, 0.2) is 23.0 Å². The first-order chi connectivity index (χ1) is 14.6. The Morgan fingerprint density at radius 1 is 1.37 bits per heavy atom. The van der Waals surface area contributed by atoms with Gasteiger partial charge in [0.25, 0.3) is 5.91 Å². The van der Waals surface area contributed by atoms with E-state index in [4.69, 9.17) is 18.6 Å². The number of carbonyl (C=O) groups excluding carboxylic acids is 2. The minimum Gasteiger partial charge on any atom is -0.503 e. The SMILES string of the molecule is COc1cc(C2C(C(=O)c3ccco3)=C(O)C(=O)N2c2nncs2)cc2c1OCO2. The molecule has 0 bridgehead atoms. The second-order valence-electron chi connectivity index (χ2n) is 6.32. The highest BCUT2D eigenvalue weighted by molar-refractivity contribution is 7.13. The van der Waals surface area contributed by atoms with Gasteiger partial charge in [0.05, 0.1) is 25.0 Å². The Morgan fingerprint density at radius 2 is 2.23 bits per heavy atom. The van der Waals surface area contributed by atoms with Gasteiger partial charge in [0.1, 0.15) is 5.51 Å². The van der Waals surface area contributed by atoms with E-state index < -0.39 is 23.5 Å². The number of methoxy groups -OCH3 is 1. The van der Waals surface area contributed by atoms with Gasteiger partial charge >= 0.3 is 0 Å². The van der Waals surface area contributed by atoms with E-state index in [1.165, 1.54) is 29.8 Å². The lowest BCUT2D eigenvalue weighted by molar-refractivity contribution is -0.117. The highest BCUT2D eigenvalue weighted by Crippen LogP contribution is 2.48. The van der Waals surface area contributed by atoms with Crippen molar-refractivity contribution in [1.29, 1.82) is 0 Å². The molecule has 0 radical (unpaired) electrons. The predicted molar refractivity (Wildman–Crippen MR) is 102 cm³/mol. The summed E-state index contributed by atoms with van der Waals surface area (Å²) in [5.41, 5.74) is 1.76. The number of aliphatic hydroxyl groups is 1. The maximum Gasteiger partial charge on any atom is 0.296 e. The minimum atomic E-state index is -1.01. The van der Waals surface area contributed by atoms with Gasteiger partial charge in [-0.3, -0.25) is 14.5 Å². The van der Waals surface area contributed by atoms with Crippen molar-refractivity contribution in [3.8, 4) is 17.2 Å². The summed E-state index contributed by atoms with van der Waals surface area (Å²) in [4.78, 5) is 27.3. The molecule has 0 spiro atoms. The number of ether oxygens (including phenoxy) is 3. The van der Waals surface area contributed by atoms with Gasteiger partial charge in [0, 0.05) is 0 Å². The van der Waals surface area contributed by atoms with Crippen molar-refractivity contribution < 1.29 is 33.3 Å². The maximum atomic E-state index is 13.1. The van der Waals surface area contributed by atoms with E-state index in [0.717, 1.165) is 11.3 Å². The summed E-state index contributed by atoms with van der Waals surface area (Å²) in [6.07, 6.45) is 1.34. The zero-order valence-electron chi connectivity index (χ0n) is 15.4. The molecule has 10 nitrogen and oxygen atoms in total. The maximum absolute atomic E-state index is 13.1. The monoisotopic (exact) mass is 427 g/mol. The van der Waals surface area contributed by atoms with Crippen LogP contribution in [0.4, 0.5) is 5.13 Å². The Balaban J connectivity index is 1.70. The van der Waals surface area contributed by atoms with Crippen molar-refractivity contribution in [3.05, 3.63) is 58.7 Å². The summed E-state index contributed by atoms with van der Waals surface area (Å²) < 4.78 is 21.5. The van der Waals surface area contributed by atoms with Crippen molar-refractivity contribution in [2.45, 2.75) is 6.04 Å². The zero-order valence-corrected chi connectivity index (χ0v) is 16.2. The van der Waals surface area contributed by atoms with E-state index in [2.05, 4.69) is 10.2 Å². The van der Waals surface area contributed by atoms with Gasteiger partial charge < -0.3 is 23.7 Å². The third-order valence-corrected chi connectivity index (χ3v) is 5.44. The Hall–Kier alpha value is -3.86. The molecule has 0 saturated heterocycles. The van der Waals surface area contributed by atoms with E-state index >= 15 is 0 Å². The quantitative estimate of drug-likeness (QED) is 0.612. The number of hydrogen-bond donors (Lipinski definition) is 1. The molecule has 5 rings (SSSR count). The molecule has 0 saturated carbocycles. The third-order valence-electron chi connectivity index (χ3n) is 4.75. The van der Waals surface area contributed by atoms with Crippen LogP contribution in [0.15, 0.2) is 51.8 Å². The van der Waals surface area contributed by atoms with Crippen molar-refractivity contribution >= 4 is 28.2 Å². The Bertz CT molecular complexity index is 1170. The average Bonchev–Trinajstić information content (AvgIpc) is 3.54. The van der Waals surface area contributed by atoms with Gasteiger partial charge in [0.2, 0.25) is 23.5 Å². The molecule has 0 fully saturated rings. The van der Waals surface area contributed by atoms with E-state index in [9.17, 15) is 14.7 Å². The highest BCUT2D eigenvalue weighted by atomic mass is 32.1. The number of hydrogen-bond acceptors (Lipinski definition) is 10. The number of furan rings is 1. The first-order valence-electron chi connectivity index (χ1n) is 8.68. The number of aliphatic hydroxyl groups excluding tert-OH is 1. The Labute approximate surface area is 172 Å². The summed E-state index contributed by atoms with van der Waals surface area (Å²) in [5, 5.41) is 18.6. The third kappa shape index (κ3) is 2.63. The van der Waals surface area contributed by atoms with Crippen LogP contribution in [-0.2, 0) is 4.79 Å². The van der Waals surface area contributed by atoms with Crippen LogP contribution in [0.1, 0.15) is 22.2 Å². The molecular weight excluding hydrogens is 414 g/mol. The number of rotatable bonds is 5. The zero-order chi connectivity index (χ0) is 20.8. The number of nitrogens with zero attached hydrogens (tertiary/aromatic N) is 3. The number of Topliss-reactive ketones (excluding diaryl/α,β-unsaturated/α-hetero) is 1. The fourth-order valence-corrected chi connectivity index (χ4v) is 4.06. The summed E-state index contributed by atoms with van der Waals surface area (Å²) >= 11 is 1.09. The highest BCUT2D eigenvalue weighted by Gasteiger charge is 2.47. The van der Waals surface area contributed by atoms with Crippen molar-refractivity contribution in [3.63, 3.8) is 0 Å². The lowest BCUT2D eigenvalue weighted by Gasteiger charge is -2.24. The molecule has 4 heterocycles. The number of carbonyl (C=O) groups is 2. The van der Waals surface area contributed by atoms with Crippen LogP contribution in [0.3, 0.4) is 0 Å². The molecule has 2 aromatic heterocycles. The van der Waals surface area contributed by atoms with Crippen LogP contribution >= 0.6 is 11.3 Å². The van der Waals surface area contributed by atoms with Crippen molar-refractivity contribution in [2.75, 3.05) is 18.8 Å². The second kappa shape index (κ2) is 6.88. The molecule has 2 aliphatic heterocycles. The second-order valence-corrected chi connectivity index (χ2v) is 7.14. The van der Waals surface area contributed by atoms with E-state index in [1.54, 1.807) is 18.2 Å². The molecule has 152 valence electrons. The van der Waals surface area contributed by atoms with Crippen molar-refractivity contribution in [2.24, 2.45) is 0 Å². The number of anilines is 1. The minimum absolute atomic E-state index is 0.0120. The molecule has 1 unspecified atom stereocenters. The molecule has 1 amide bonds. The van der Waals surface area contributed by atoms with Crippen LogP contribution in [0.5, 0.6) is 17.2 Å². The van der Waals surface area contributed by atoms with Gasteiger partial charge in [-0.05, 0) is 29.8 Å². The van der Waals surface area contributed by atoms with Gasteiger partial charge in [-0.2, -0.15) is 0 Å². The first-order valence-corrected chi connectivity index (χ1v) is 9.56. The summed E-state index contributed by atoms with van der Waals surface area (Å²) in [5.74, 6) is -0.927. The van der Waals surface area contributed by atoms with Crippen LogP contribution in [-0.4, -0.2) is 40.9 Å². The molecule has 1 N–H and O–H groups in total. The smallest absolute Gasteiger partial charge is 0.296 e. The first kappa shape index (κ1) is 18.2. The van der Waals surface area contributed by atoms with Gasteiger partial charge in [-0.25, -0.2) is 0 Å². The molecule has 11 heteroatoms. The van der Waals surface area contributed by atoms with E-state index in [-0.39, 0.29) is 23.3 Å². The summed E-state index contributed by atoms with van der Waals surface area (Å²) in [6.45, 7) is 0.0120. The Morgan fingerprint density at radius 3 is 2.93 bits per heavy atom. The van der Waals surface area contributed by atoms with Crippen LogP contribution in [0.2, 0.25) is 0 Å². The van der Waals surface area contributed by atoms with Crippen LogP contribution < -0.4 is 19.1 Å². The van der Waals surface area contributed by atoms with E-state index in [1.807, 2.05) is 0 Å². The lowest BCUT2D eigenvalue weighted by Crippen LogP contribution is -2.31. The van der Waals surface area contributed by atoms with Crippen molar-refractivity contribution in [1.82, 2.24) is 10.2 Å². The molecule has 0 aliphatic carbocycles. The molecule has 1 aromatic carbocycles. The number of fused-ring (bicyclic) bond motifs is 1. The number of amides is 1. The summed E-state index contributed by atoms with van der Waals surface area (Å²) in [6, 6.07) is 5.24. The topological polar surface area (TPSA) is 124 Å². The average molecular weight is 427 g/mol. The van der Waals surface area contributed by atoms with Gasteiger partial charge in [-0.15, -0.1) is 10.2 Å². The number of ketones is 1. The fraction of sp³-hybridized carbons (Fsp3) is 0.158. The lowest BCUT2D eigenvalue weighted by atomic mass is 9.94. The number of aromatic nitrogens is 2. The normalized spacial score (nSPS) is 17.7. The van der Waals surface area contributed by atoms with Gasteiger partial charge in [-0.1, -0.05) is 11.3 Å². The molecule has 1 atom stereocenters. The predicted octanol–water partition coefficient (Wildman–Crippen LogP) is 2.65. The molecule has 2 aliphatic rings.